The minimum absolute atomic E-state index is 0.267. The van der Waals surface area contributed by atoms with Gasteiger partial charge in [0.05, 0.1) is 17.7 Å². The number of aliphatic hydroxyl groups is 1. The molecule has 0 saturated carbocycles. The number of nitrogens with zero attached hydrogens (tertiary/aromatic N) is 3. The number of anilines is 1. The van der Waals surface area contributed by atoms with Crippen molar-refractivity contribution in [2.75, 3.05) is 5.32 Å². The number of rotatable bonds is 5. The summed E-state index contributed by atoms with van der Waals surface area (Å²) in [4.78, 5) is 3.39. The number of halogens is 2. The molecule has 2 N–H and O–H groups in total. The van der Waals surface area contributed by atoms with Crippen LogP contribution in [0.4, 0.5) is 11.4 Å². The van der Waals surface area contributed by atoms with E-state index >= 15 is 0 Å². The summed E-state index contributed by atoms with van der Waals surface area (Å²) in [5, 5.41) is 22.0. The predicted octanol–water partition coefficient (Wildman–Crippen LogP) is 5.39. The van der Waals surface area contributed by atoms with Gasteiger partial charge in [0.15, 0.2) is 0 Å². The molecule has 1 aromatic heterocycles. The summed E-state index contributed by atoms with van der Waals surface area (Å²) in [6, 6.07) is 10.5. The number of hydrogen-bond acceptors (Lipinski definition) is 5. The minimum atomic E-state index is -0.797. The molecule has 0 bridgehead atoms. The second kappa shape index (κ2) is 8.25. The van der Waals surface area contributed by atoms with Crippen molar-refractivity contribution in [3.8, 4) is 11.5 Å². The maximum Gasteiger partial charge on any atom is 0.247 e. The quantitative estimate of drug-likeness (QED) is 0.367. The third kappa shape index (κ3) is 4.24. The van der Waals surface area contributed by atoms with Gasteiger partial charge in [-0.15, -0.1) is 10.2 Å². The highest BCUT2D eigenvalue weighted by atomic mass is 127. The van der Waals surface area contributed by atoms with Crippen molar-refractivity contribution >= 4 is 45.6 Å². The first-order chi connectivity index (χ1) is 12.9. The second-order valence-corrected chi connectivity index (χ2v) is 7.62. The fourth-order valence-corrected chi connectivity index (χ4v) is 3.11. The van der Waals surface area contributed by atoms with Crippen LogP contribution >= 0.6 is 34.2 Å². The lowest BCUT2D eigenvalue weighted by atomic mass is 10.1. The van der Waals surface area contributed by atoms with Crippen molar-refractivity contribution in [3.63, 3.8) is 0 Å². The average Bonchev–Trinajstić information content (AvgIpc) is 3.13. The van der Waals surface area contributed by atoms with E-state index in [1.165, 1.54) is 0 Å². The first-order valence-corrected chi connectivity index (χ1v) is 9.57. The predicted molar refractivity (Wildman–Crippen MR) is 113 cm³/mol. The Kier molecular flexibility index (Phi) is 5.99. The summed E-state index contributed by atoms with van der Waals surface area (Å²) in [7, 11) is 0. The lowest BCUT2D eigenvalue weighted by Crippen LogP contribution is -2.23. The van der Waals surface area contributed by atoms with E-state index in [9.17, 15) is 5.11 Å². The second-order valence-electron chi connectivity index (χ2n) is 6.00. The van der Waals surface area contributed by atoms with Gasteiger partial charge in [-0.1, -0.05) is 17.7 Å². The van der Waals surface area contributed by atoms with Gasteiger partial charge in [0.1, 0.15) is 6.04 Å². The molecule has 8 heteroatoms. The van der Waals surface area contributed by atoms with Crippen molar-refractivity contribution in [2.24, 2.45) is 0 Å². The van der Waals surface area contributed by atoms with Crippen LogP contribution in [0.3, 0.4) is 0 Å². The highest BCUT2D eigenvalue weighted by molar-refractivity contribution is 14.1. The van der Waals surface area contributed by atoms with E-state index in [-0.39, 0.29) is 5.89 Å². The van der Waals surface area contributed by atoms with Crippen LogP contribution in [0.15, 0.2) is 40.8 Å². The SMILES string of the molecule is [C-]#[N+]c1ccc(N[C@@H](c2nnc(-c3ccc(I)cc3)o2)[C@H](C)O)c(C)c1Cl. The summed E-state index contributed by atoms with van der Waals surface area (Å²) in [5.41, 5.74) is 2.59. The maximum atomic E-state index is 10.2. The molecule has 2 atom stereocenters. The van der Waals surface area contributed by atoms with Crippen molar-refractivity contribution in [3.05, 3.63) is 67.9 Å². The van der Waals surface area contributed by atoms with Gasteiger partial charge in [0, 0.05) is 14.8 Å². The van der Waals surface area contributed by atoms with Gasteiger partial charge >= 0.3 is 0 Å². The molecule has 1 heterocycles. The Balaban J connectivity index is 1.90. The van der Waals surface area contributed by atoms with E-state index in [1.807, 2.05) is 31.2 Å². The van der Waals surface area contributed by atoms with Crippen LogP contribution in [-0.2, 0) is 0 Å². The molecule has 0 saturated heterocycles. The smallest absolute Gasteiger partial charge is 0.247 e. The minimum Gasteiger partial charge on any atom is -0.418 e. The molecular formula is C19H16ClIN4O2. The van der Waals surface area contributed by atoms with Crippen molar-refractivity contribution < 1.29 is 9.52 Å². The summed E-state index contributed by atoms with van der Waals surface area (Å²) >= 11 is 8.46. The molecule has 0 radical (unpaired) electrons. The largest absolute Gasteiger partial charge is 0.418 e. The molecule has 0 aliphatic carbocycles. The van der Waals surface area contributed by atoms with E-state index in [0.717, 1.165) is 9.13 Å². The molecule has 138 valence electrons. The highest BCUT2D eigenvalue weighted by Crippen LogP contribution is 2.35. The normalized spacial score (nSPS) is 13.0. The van der Waals surface area contributed by atoms with E-state index in [0.29, 0.717) is 27.9 Å². The molecule has 27 heavy (non-hydrogen) atoms. The number of nitrogens with one attached hydrogen (secondary N) is 1. The molecular weight excluding hydrogens is 479 g/mol. The Morgan fingerprint density at radius 1 is 1.22 bits per heavy atom. The van der Waals surface area contributed by atoms with Crippen LogP contribution < -0.4 is 5.32 Å². The first kappa shape index (κ1) is 19.6. The molecule has 0 unspecified atom stereocenters. The molecule has 0 amide bonds. The fraction of sp³-hybridized carbons (Fsp3) is 0.211. The van der Waals surface area contributed by atoms with Gasteiger partial charge in [-0.2, -0.15) is 0 Å². The van der Waals surface area contributed by atoms with Gasteiger partial charge in [-0.3, -0.25) is 0 Å². The van der Waals surface area contributed by atoms with Crippen LogP contribution in [0.5, 0.6) is 0 Å². The zero-order valence-corrected chi connectivity index (χ0v) is 17.5. The Hall–Kier alpha value is -2.15. The lowest BCUT2D eigenvalue weighted by molar-refractivity contribution is 0.159. The average molecular weight is 495 g/mol. The third-order valence-corrected chi connectivity index (χ3v) is 5.27. The van der Waals surface area contributed by atoms with E-state index in [4.69, 9.17) is 22.6 Å². The zero-order chi connectivity index (χ0) is 19.6. The Bertz CT molecular complexity index is 996. The molecule has 0 fully saturated rings. The van der Waals surface area contributed by atoms with Crippen LogP contribution in [0, 0.1) is 17.1 Å². The van der Waals surface area contributed by atoms with Crippen molar-refractivity contribution in [1.29, 1.82) is 0 Å². The van der Waals surface area contributed by atoms with Crippen molar-refractivity contribution in [2.45, 2.75) is 26.0 Å². The number of benzene rings is 2. The van der Waals surface area contributed by atoms with E-state index < -0.39 is 12.1 Å². The van der Waals surface area contributed by atoms with Crippen LogP contribution in [0.1, 0.15) is 24.4 Å². The van der Waals surface area contributed by atoms with Gasteiger partial charge in [0.2, 0.25) is 17.5 Å². The van der Waals surface area contributed by atoms with Gasteiger partial charge in [-0.05, 0) is 72.3 Å². The third-order valence-electron chi connectivity index (χ3n) is 4.08. The molecule has 3 rings (SSSR count). The van der Waals surface area contributed by atoms with E-state index in [2.05, 4.69) is 43.0 Å². The van der Waals surface area contributed by atoms with Crippen LogP contribution in [0.2, 0.25) is 5.02 Å². The number of aromatic nitrogens is 2. The van der Waals surface area contributed by atoms with Crippen LogP contribution in [-0.4, -0.2) is 21.4 Å². The Labute approximate surface area is 175 Å². The number of aliphatic hydroxyl groups excluding tert-OH is 1. The maximum absolute atomic E-state index is 10.2. The fourth-order valence-electron chi connectivity index (χ4n) is 2.54. The van der Waals surface area contributed by atoms with Gasteiger partial charge in [-0.25, -0.2) is 4.85 Å². The van der Waals surface area contributed by atoms with Gasteiger partial charge in [0.25, 0.3) is 0 Å². The highest BCUT2D eigenvalue weighted by Gasteiger charge is 2.25. The molecule has 0 spiro atoms. The van der Waals surface area contributed by atoms with E-state index in [1.54, 1.807) is 19.1 Å². The molecule has 0 aliphatic rings. The van der Waals surface area contributed by atoms with Crippen LogP contribution in [0.25, 0.3) is 16.3 Å². The standard InChI is InChI=1S/C19H16ClIN4O2/c1-10-14(8-9-15(22-3)16(10)20)23-17(11(2)26)19-25-24-18(27-19)12-4-6-13(21)7-5-12/h4-9,11,17,23,26H,1-2H3/t11-,17+/m0/s1. The summed E-state index contributed by atoms with van der Waals surface area (Å²) < 4.78 is 6.90. The monoisotopic (exact) mass is 494 g/mol. The van der Waals surface area contributed by atoms with Crippen molar-refractivity contribution in [1.82, 2.24) is 10.2 Å². The zero-order valence-electron chi connectivity index (χ0n) is 14.6. The topological polar surface area (TPSA) is 75.5 Å². The molecule has 2 aromatic carbocycles. The summed E-state index contributed by atoms with van der Waals surface area (Å²) in [6.45, 7) is 10.6. The molecule has 0 aliphatic heterocycles. The Morgan fingerprint density at radius 2 is 1.93 bits per heavy atom. The Morgan fingerprint density at radius 3 is 2.56 bits per heavy atom. The molecule has 3 aromatic rings. The summed E-state index contributed by atoms with van der Waals surface area (Å²) in [6.07, 6.45) is -0.797. The molecule has 6 nitrogen and oxygen atoms in total. The first-order valence-electron chi connectivity index (χ1n) is 8.11. The lowest BCUT2D eigenvalue weighted by Gasteiger charge is -2.21. The summed E-state index contributed by atoms with van der Waals surface area (Å²) in [5.74, 6) is 0.648. The number of hydrogen-bond donors (Lipinski definition) is 2. The van der Waals surface area contributed by atoms with Gasteiger partial charge < -0.3 is 14.8 Å².